The maximum Gasteiger partial charge on any atom is 0.490 e. The lowest BCUT2D eigenvalue weighted by molar-refractivity contribution is -0.209. The predicted octanol–water partition coefficient (Wildman–Crippen LogP) is 3.15. The van der Waals surface area contributed by atoms with E-state index >= 15 is 0 Å². The number of carbonyl (C=O) groups is 4. The number of hydrogen-bond donors (Lipinski definition) is 2. The highest BCUT2D eigenvalue weighted by Gasteiger charge is 2.46. The Balaban J connectivity index is 1.08. The molecule has 1 aromatic carbocycles. The van der Waals surface area contributed by atoms with E-state index in [1.54, 1.807) is 30.0 Å². The number of nitrogen functional groups attached to an aromatic ring is 1. The van der Waals surface area contributed by atoms with Gasteiger partial charge in [0.1, 0.15) is 23.1 Å². The molecule has 6 rings (SSSR count). The first kappa shape index (κ1) is 40.2. The van der Waals surface area contributed by atoms with E-state index < -0.39 is 41.9 Å². The Bertz CT molecular complexity index is 1940. The summed E-state index contributed by atoms with van der Waals surface area (Å²) in [5, 5.41) is 8.03. The third-order valence-corrected chi connectivity index (χ3v) is 10.4. The SMILES string of the molecule is CCCCNc1nc(N)nc2cn(Cc3c(OC)cc(CN4CCN(C(=O)C5CCC(CN6C(=O)C=CC6=O)C(OC(=O)C(F)(F)F)C5)CC4)cc3OC)nc12. The second kappa shape index (κ2) is 17.1. The minimum Gasteiger partial charge on any atom is -0.496 e. The summed E-state index contributed by atoms with van der Waals surface area (Å²) < 4.78 is 57.8. The number of amides is 3. The summed E-state index contributed by atoms with van der Waals surface area (Å²) in [6, 6.07) is 3.88. The van der Waals surface area contributed by atoms with E-state index in [1.165, 1.54) is 0 Å². The number of ether oxygens (including phenoxy) is 3. The van der Waals surface area contributed by atoms with Crippen molar-refractivity contribution in [2.24, 2.45) is 11.8 Å². The Morgan fingerprint density at radius 3 is 2.29 bits per heavy atom. The number of piperazine rings is 1. The zero-order chi connectivity index (χ0) is 40.1. The van der Waals surface area contributed by atoms with Crippen molar-refractivity contribution in [2.45, 2.75) is 64.4 Å². The number of rotatable bonds is 14. The fourth-order valence-corrected chi connectivity index (χ4v) is 7.47. The fourth-order valence-electron chi connectivity index (χ4n) is 7.47. The second-order valence-corrected chi connectivity index (χ2v) is 14.2. The van der Waals surface area contributed by atoms with Crippen LogP contribution in [0.5, 0.6) is 11.5 Å². The number of fused-ring (bicyclic) bond motifs is 1. The van der Waals surface area contributed by atoms with Crippen LogP contribution in [0.15, 0.2) is 30.5 Å². The Labute approximate surface area is 321 Å². The van der Waals surface area contributed by atoms with E-state index in [-0.39, 0.29) is 31.2 Å². The van der Waals surface area contributed by atoms with Crippen molar-refractivity contribution in [2.75, 3.05) is 64.5 Å². The third kappa shape index (κ3) is 9.14. The van der Waals surface area contributed by atoms with Crippen molar-refractivity contribution in [3.05, 3.63) is 41.6 Å². The summed E-state index contributed by atoms with van der Waals surface area (Å²) in [4.78, 5) is 63.2. The fraction of sp³-hybridized carbons (Fsp3) is 0.541. The molecule has 19 heteroatoms. The minimum atomic E-state index is -5.23. The molecule has 16 nitrogen and oxygen atoms in total. The molecule has 3 amide bonds. The molecule has 0 radical (unpaired) electrons. The molecule has 1 saturated heterocycles. The molecular weight excluding hydrogens is 739 g/mol. The first-order chi connectivity index (χ1) is 26.8. The average Bonchev–Trinajstić information content (AvgIpc) is 3.72. The number of anilines is 2. The summed E-state index contributed by atoms with van der Waals surface area (Å²) in [6.07, 6.45) is -0.230. The molecule has 3 atom stereocenters. The lowest BCUT2D eigenvalue weighted by Gasteiger charge is -2.40. The number of benzene rings is 1. The topological polar surface area (TPSA) is 187 Å². The molecule has 302 valence electrons. The summed E-state index contributed by atoms with van der Waals surface area (Å²) in [5.41, 5.74) is 8.87. The molecule has 2 aliphatic heterocycles. The van der Waals surface area contributed by atoms with Gasteiger partial charge in [0.2, 0.25) is 11.9 Å². The molecule has 3 aromatic rings. The maximum atomic E-state index is 13.7. The smallest absolute Gasteiger partial charge is 0.490 e. The number of halogens is 3. The molecule has 56 heavy (non-hydrogen) atoms. The first-order valence-electron chi connectivity index (χ1n) is 18.6. The van der Waals surface area contributed by atoms with Gasteiger partial charge in [-0.3, -0.25) is 28.9 Å². The van der Waals surface area contributed by atoms with Crippen molar-refractivity contribution in [3.63, 3.8) is 0 Å². The first-order valence-corrected chi connectivity index (χ1v) is 18.6. The number of esters is 1. The number of carbonyl (C=O) groups excluding carboxylic acids is 4. The van der Waals surface area contributed by atoms with Crippen LogP contribution < -0.4 is 20.5 Å². The molecular formula is C37H46F3N9O7. The molecule has 2 aromatic heterocycles. The number of alkyl halides is 3. The summed E-state index contributed by atoms with van der Waals surface area (Å²) >= 11 is 0. The van der Waals surface area contributed by atoms with Crippen LogP contribution >= 0.6 is 0 Å². The van der Waals surface area contributed by atoms with Gasteiger partial charge in [0.15, 0.2) is 11.3 Å². The van der Waals surface area contributed by atoms with Crippen LogP contribution in [0.3, 0.4) is 0 Å². The largest absolute Gasteiger partial charge is 0.496 e. The quantitative estimate of drug-likeness (QED) is 0.138. The van der Waals surface area contributed by atoms with Crippen LogP contribution in [0.2, 0.25) is 0 Å². The predicted molar refractivity (Wildman–Crippen MR) is 196 cm³/mol. The molecule has 0 spiro atoms. The minimum absolute atomic E-state index is 0.145. The Morgan fingerprint density at radius 1 is 0.982 bits per heavy atom. The second-order valence-electron chi connectivity index (χ2n) is 14.2. The van der Waals surface area contributed by atoms with Gasteiger partial charge in [0.05, 0.1) is 32.5 Å². The third-order valence-electron chi connectivity index (χ3n) is 10.4. The number of nitrogens with zero attached hydrogens (tertiary/aromatic N) is 7. The summed E-state index contributed by atoms with van der Waals surface area (Å²) in [6.45, 7) is 5.31. The number of nitrogens with two attached hydrogens (primary N) is 1. The maximum absolute atomic E-state index is 13.7. The summed E-state index contributed by atoms with van der Waals surface area (Å²) in [5.74, 6) is -3.28. The van der Waals surface area contributed by atoms with Gasteiger partial charge in [-0.2, -0.15) is 23.3 Å². The van der Waals surface area contributed by atoms with Crippen LogP contribution in [-0.4, -0.2) is 124 Å². The lowest BCUT2D eigenvalue weighted by atomic mass is 9.78. The van der Waals surface area contributed by atoms with Gasteiger partial charge in [-0.1, -0.05) is 13.3 Å². The van der Waals surface area contributed by atoms with Crippen molar-refractivity contribution in [3.8, 4) is 11.5 Å². The van der Waals surface area contributed by atoms with Gasteiger partial charge >= 0.3 is 12.1 Å². The average molecular weight is 786 g/mol. The van der Waals surface area contributed by atoms with Gasteiger partial charge in [0, 0.05) is 69.8 Å². The molecule has 3 aliphatic rings. The van der Waals surface area contributed by atoms with Gasteiger partial charge in [-0.25, -0.2) is 9.78 Å². The highest BCUT2D eigenvalue weighted by molar-refractivity contribution is 6.12. The van der Waals surface area contributed by atoms with E-state index in [0.717, 1.165) is 47.6 Å². The number of aromatic nitrogens is 4. The van der Waals surface area contributed by atoms with E-state index in [1.807, 2.05) is 12.1 Å². The number of unbranched alkanes of at least 4 members (excludes halogenated alkanes) is 1. The number of imide groups is 1. The van der Waals surface area contributed by atoms with Crippen LogP contribution in [0.1, 0.15) is 50.2 Å². The van der Waals surface area contributed by atoms with E-state index in [0.29, 0.717) is 74.0 Å². The van der Waals surface area contributed by atoms with Crippen molar-refractivity contribution in [1.29, 1.82) is 0 Å². The molecule has 1 saturated carbocycles. The van der Waals surface area contributed by atoms with Crippen LogP contribution in [0, 0.1) is 11.8 Å². The van der Waals surface area contributed by atoms with E-state index in [4.69, 9.17) is 25.0 Å². The van der Waals surface area contributed by atoms with Crippen LogP contribution in [0.4, 0.5) is 24.9 Å². The molecule has 4 heterocycles. The van der Waals surface area contributed by atoms with E-state index in [9.17, 15) is 32.3 Å². The van der Waals surface area contributed by atoms with Gasteiger partial charge in [-0.05, 0) is 43.4 Å². The molecule has 2 fully saturated rings. The normalized spacial score (nSPS) is 20.5. The highest BCUT2D eigenvalue weighted by Crippen LogP contribution is 2.36. The summed E-state index contributed by atoms with van der Waals surface area (Å²) in [7, 11) is 3.16. The van der Waals surface area contributed by atoms with Crippen LogP contribution in [0.25, 0.3) is 11.0 Å². The van der Waals surface area contributed by atoms with E-state index in [2.05, 4.69) is 27.1 Å². The van der Waals surface area contributed by atoms with Crippen molar-refractivity contribution >= 4 is 46.5 Å². The monoisotopic (exact) mass is 785 g/mol. The standard InChI is InChI=1S/C37H46F3N9O7/c1-4-5-10-42-33-32-26(43-36(41)44-33)21-48(45-32)20-25-28(54-2)15-22(16-29(25)55-3)18-46-11-13-47(14-12-46)34(52)23-6-7-24(19-49-30(50)8-9-31(49)51)27(17-23)56-35(53)37(38,39)40/h8-9,15-16,21,23-24,27H,4-7,10-14,17-20H2,1-3H3,(H3,41,42,43,44). The molecule has 3 unspecified atom stereocenters. The number of hydrogen-bond acceptors (Lipinski definition) is 13. The van der Waals surface area contributed by atoms with Crippen molar-refractivity contribution < 1.29 is 46.6 Å². The highest BCUT2D eigenvalue weighted by atomic mass is 19.4. The van der Waals surface area contributed by atoms with Crippen molar-refractivity contribution in [1.82, 2.24) is 34.4 Å². The molecule has 3 N–H and O–H groups in total. The van der Waals surface area contributed by atoms with Gasteiger partial charge in [-0.15, -0.1) is 0 Å². The zero-order valence-corrected chi connectivity index (χ0v) is 31.5. The molecule has 1 aliphatic carbocycles. The Hall–Kier alpha value is -5.46. The number of nitrogens with one attached hydrogen (secondary N) is 1. The number of methoxy groups -OCH3 is 2. The van der Waals surface area contributed by atoms with Gasteiger partial charge in [0.25, 0.3) is 11.8 Å². The Morgan fingerprint density at radius 2 is 1.66 bits per heavy atom. The van der Waals surface area contributed by atoms with Gasteiger partial charge < -0.3 is 30.2 Å². The zero-order valence-electron chi connectivity index (χ0n) is 31.5. The van der Waals surface area contributed by atoms with Crippen LogP contribution in [-0.2, 0) is 37.0 Å². The lowest BCUT2D eigenvalue weighted by Crippen LogP contribution is -2.52. The molecule has 0 bridgehead atoms. The Kier molecular flexibility index (Phi) is 12.3.